The Hall–Kier alpha value is -4.34. The van der Waals surface area contributed by atoms with E-state index in [1.54, 1.807) is 50.2 Å². The number of ketones is 1. The monoisotopic (exact) mass is 632 g/mol. The van der Waals surface area contributed by atoms with E-state index in [9.17, 15) is 28.8 Å². The number of carbonyl (C=O) groups excluding carboxylic acids is 6. The molecule has 2 aromatic carbocycles. The van der Waals surface area contributed by atoms with Crippen LogP contribution in [0.15, 0.2) is 48.5 Å². The van der Waals surface area contributed by atoms with E-state index in [1.807, 2.05) is 32.9 Å². The van der Waals surface area contributed by atoms with Crippen LogP contribution in [0, 0.1) is 23.7 Å². The van der Waals surface area contributed by atoms with Crippen LogP contribution in [-0.4, -0.2) is 47.9 Å². The van der Waals surface area contributed by atoms with Gasteiger partial charge in [0.05, 0.1) is 24.6 Å². The molecule has 0 aliphatic carbocycles. The van der Waals surface area contributed by atoms with Crippen molar-refractivity contribution in [3.8, 4) is 0 Å². The molecule has 3 unspecified atom stereocenters. The van der Waals surface area contributed by atoms with Gasteiger partial charge < -0.3 is 16.0 Å². The first-order chi connectivity index (χ1) is 21.8. The summed E-state index contributed by atoms with van der Waals surface area (Å²) in [5, 5.41) is 8.15. The molecule has 3 rings (SSSR count). The van der Waals surface area contributed by atoms with Gasteiger partial charge in [-0.3, -0.25) is 33.7 Å². The molecule has 0 radical (unpaired) electrons. The van der Waals surface area contributed by atoms with Crippen molar-refractivity contribution in [2.45, 2.75) is 86.1 Å². The number of rotatable bonds is 16. The third-order valence-electron chi connectivity index (χ3n) is 8.48. The Labute approximate surface area is 272 Å². The maximum Gasteiger partial charge on any atom is 0.243 e. The summed E-state index contributed by atoms with van der Waals surface area (Å²) in [6.07, 6.45) is 3.01. The van der Waals surface area contributed by atoms with Crippen molar-refractivity contribution in [2.24, 2.45) is 23.7 Å². The van der Waals surface area contributed by atoms with Gasteiger partial charge in [-0.2, -0.15) is 0 Å². The summed E-state index contributed by atoms with van der Waals surface area (Å²) in [5.41, 5.74) is 2.82. The van der Waals surface area contributed by atoms with E-state index in [-0.39, 0.29) is 66.6 Å². The van der Waals surface area contributed by atoms with Gasteiger partial charge in [-0.1, -0.05) is 72.2 Å². The number of nitrogens with zero attached hydrogens (tertiary/aromatic N) is 1. The van der Waals surface area contributed by atoms with Gasteiger partial charge in [0.1, 0.15) is 11.8 Å². The Balaban J connectivity index is 1.48. The van der Waals surface area contributed by atoms with Crippen LogP contribution in [0.5, 0.6) is 0 Å². The maximum atomic E-state index is 12.9. The van der Waals surface area contributed by atoms with Crippen LogP contribution < -0.4 is 20.9 Å². The Morgan fingerprint density at radius 3 is 2.04 bits per heavy atom. The average molecular weight is 633 g/mol. The fourth-order valence-electron chi connectivity index (χ4n) is 5.52. The lowest BCUT2D eigenvalue weighted by atomic mass is 9.91. The van der Waals surface area contributed by atoms with Crippen molar-refractivity contribution in [3.63, 3.8) is 0 Å². The van der Waals surface area contributed by atoms with Gasteiger partial charge in [-0.05, 0) is 59.6 Å². The molecule has 10 heteroatoms. The number of nitrogens with one attached hydrogen (secondary N) is 3. The minimum atomic E-state index is -0.849. The fourth-order valence-corrected chi connectivity index (χ4v) is 5.52. The second-order valence-corrected chi connectivity index (χ2v) is 12.8. The zero-order valence-electron chi connectivity index (χ0n) is 27.9. The Morgan fingerprint density at radius 2 is 1.50 bits per heavy atom. The summed E-state index contributed by atoms with van der Waals surface area (Å²) in [7, 11) is 0. The second-order valence-electron chi connectivity index (χ2n) is 12.8. The average Bonchev–Trinajstić information content (AvgIpc) is 3.32. The fraction of sp³-hybridized carbons (Fsp3) is 0.500. The van der Waals surface area contributed by atoms with E-state index in [1.165, 1.54) is 4.90 Å². The number of Topliss-reactive ketones (excluding diaryl/α,β-unsaturated/α-hetero) is 1. The van der Waals surface area contributed by atoms with Crippen molar-refractivity contribution < 1.29 is 28.8 Å². The number of hydrogen-bond acceptors (Lipinski definition) is 6. The van der Waals surface area contributed by atoms with Crippen LogP contribution in [-0.2, 0) is 41.6 Å². The van der Waals surface area contributed by atoms with Crippen molar-refractivity contribution in [1.29, 1.82) is 0 Å². The summed E-state index contributed by atoms with van der Waals surface area (Å²) < 4.78 is 0. The molecule has 46 heavy (non-hydrogen) atoms. The van der Waals surface area contributed by atoms with Crippen LogP contribution in [0.3, 0.4) is 0 Å². The van der Waals surface area contributed by atoms with Crippen LogP contribution in [0.4, 0.5) is 11.4 Å². The molecular formula is C36H48N4O6. The quantitative estimate of drug-likeness (QED) is 0.231. The predicted molar refractivity (Wildman–Crippen MR) is 178 cm³/mol. The predicted octanol–water partition coefficient (Wildman–Crippen LogP) is 4.60. The molecule has 1 fully saturated rings. The molecule has 1 heterocycles. The normalized spacial score (nSPS) is 16.0. The number of imide groups is 1. The molecule has 248 valence electrons. The van der Waals surface area contributed by atoms with E-state index in [2.05, 4.69) is 22.9 Å². The highest BCUT2D eigenvalue weighted by molar-refractivity contribution is 6.21. The number of benzene rings is 2. The van der Waals surface area contributed by atoms with Crippen LogP contribution in [0.25, 0.3) is 0 Å². The SMILES string of the molecule is CCC(=O)CC(CC)Cc1ccc(NC(=O)CNC(=O)C(NC(=O)Cc2ccc(N3C(=O)CC(C(C)C)C3=O)cc2)C(C)C)cc1. The van der Waals surface area contributed by atoms with Gasteiger partial charge in [0.25, 0.3) is 0 Å². The van der Waals surface area contributed by atoms with Crippen molar-refractivity contribution in [3.05, 3.63) is 59.7 Å². The molecule has 1 aliphatic rings. The smallest absolute Gasteiger partial charge is 0.243 e. The summed E-state index contributed by atoms with van der Waals surface area (Å²) in [6, 6.07) is 13.3. The van der Waals surface area contributed by atoms with Gasteiger partial charge in [-0.15, -0.1) is 0 Å². The van der Waals surface area contributed by atoms with E-state index in [4.69, 9.17) is 0 Å². The lowest BCUT2D eigenvalue weighted by Crippen LogP contribution is -2.51. The first kappa shape index (κ1) is 36.1. The third-order valence-corrected chi connectivity index (χ3v) is 8.48. The topological polar surface area (TPSA) is 142 Å². The first-order valence-corrected chi connectivity index (χ1v) is 16.3. The highest BCUT2D eigenvalue weighted by Crippen LogP contribution is 2.31. The van der Waals surface area contributed by atoms with Crippen LogP contribution in [0.1, 0.15) is 78.4 Å². The van der Waals surface area contributed by atoms with Crippen LogP contribution in [0.2, 0.25) is 0 Å². The molecule has 0 saturated carbocycles. The number of hydrogen-bond donors (Lipinski definition) is 3. The van der Waals surface area contributed by atoms with Gasteiger partial charge in [0.2, 0.25) is 29.5 Å². The molecule has 1 saturated heterocycles. The number of amides is 5. The van der Waals surface area contributed by atoms with E-state index >= 15 is 0 Å². The lowest BCUT2D eigenvalue weighted by molar-refractivity contribution is -0.130. The molecule has 3 N–H and O–H groups in total. The molecule has 0 aromatic heterocycles. The molecular weight excluding hydrogens is 584 g/mol. The number of carbonyl (C=O) groups is 6. The number of anilines is 2. The zero-order valence-corrected chi connectivity index (χ0v) is 27.9. The van der Waals surface area contributed by atoms with Gasteiger partial charge in [0.15, 0.2) is 0 Å². The highest BCUT2D eigenvalue weighted by atomic mass is 16.2. The van der Waals surface area contributed by atoms with Crippen LogP contribution >= 0.6 is 0 Å². The minimum absolute atomic E-state index is 0.00229. The molecule has 3 atom stereocenters. The van der Waals surface area contributed by atoms with Crippen molar-refractivity contribution in [2.75, 3.05) is 16.8 Å². The molecule has 5 amide bonds. The highest BCUT2D eigenvalue weighted by Gasteiger charge is 2.40. The van der Waals surface area contributed by atoms with Gasteiger partial charge in [-0.25, -0.2) is 0 Å². The third kappa shape index (κ3) is 10.1. The molecule has 1 aliphatic heterocycles. The summed E-state index contributed by atoms with van der Waals surface area (Å²) in [4.78, 5) is 76.5. The molecule has 2 aromatic rings. The van der Waals surface area contributed by atoms with Gasteiger partial charge >= 0.3 is 0 Å². The van der Waals surface area contributed by atoms with E-state index in [0.717, 1.165) is 18.4 Å². The first-order valence-electron chi connectivity index (χ1n) is 16.3. The lowest BCUT2D eigenvalue weighted by Gasteiger charge is -2.22. The molecule has 0 spiro atoms. The Morgan fingerprint density at radius 1 is 0.870 bits per heavy atom. The van der Waals surface area contributed by atoms with Crippen molar-refractivity contribution >= 4 is 46.7 Å². The summed E-state index contributed by atoms with van der Waals surface area (Å²) in [6.45, 7) is 11.1. The maximum absolute atomic E-state index is 12.9. The van der Waals surface area contributed by atoms with Gasteiger partial charge in [0, 0.05) is 24.9 Å². The molecule has 10 nitrogen and oxygen atoms in total. The summed E-state index contributed by atoms with van der Waals surface area (Å²) in [5.74, 6) is -1.63. The minimum Gasteiger partial charge on any atom is -0.345 e. The largest absolute Gasteiger partial charge is 0.345 e. The van der Waals surface area contributed by atoms with E-state index < -0.39 is 17.9 Å². The Bertz CT molecular complexity index is 1400. The summed E-state index contributed by atoms with van der Waals surface area (Å²) >= 11 is 0. The second kappa shape index (κ2) is 16.8. The Kier molecular flexibility index (Phi) is 13.2. The standard InChI is InChI=1S/C36H48N4O6/c1-7-24(18-29(41)8-2)17-25-9-13-27(14-10-25)38-32(43)21-37-35(45)34(23(5)6)39-31(42)19-26-11-15-28(16-12-26)40-33(44)20-30(22(3)4)36(40)46/h9-16,22-24,30,34H,7-8,17-21H2,1-6H3,(H,37,45)(H,38,43)(H,39,42). The van der Waals surface area contributed by atoms with Crippen molar-refractivity contribution in [1.82, 2.24) is 10.6 Å². The molecule has 0 bridgehead atoms. The zero-order chi connectivity index (χ0) is 34.0. The van der Waals surface area contributed by atoms with E-state index in [0.29, 0.717) is 29.8 Å².